The van der Waals surface area contributed by atoms with Crippen molar-refractivity contribution in [3.8, 4) is 5.75 Å². The molecule has 0 aliphatic rings. The fourth-order valence-electron chi connectivity index (χ4n) is 0.939. The average molecular weight is 231 g/mol. The molecule has 66 valence electrons. The molecule has 0 saturated heterocycles. The van der Waals surface area contributed by atoms with Crippen LogP contribution in [0.15, 0.2) is 18.2 Å². The summed E-state index contributed by atoms with van der Waals surface area (Å²) in [6.45, 7) is 0. The van der Waals surface area contributed by atoms with Crippen LogP contribution >= 0.6 is 15.9 Å². The van der Waals surface area contributed by atoms with Crippen LogP contribution in [0.5, 0.6) is 5.75 Å². The zero-order chi connectivity index (χ0) is 8.97. The second-order valence-electron chi connectivity index (χ2n) is 2.35. The Morgan fingerprint density at radius 2 is 2.25 bits per heavy atom. The summed E-state index contributed by atoms with van der Waals surface area (Å²) >= 11 is 3.36. The van der Waals surface area contributed by atoms with Gasteiger partial charge in [-0.1, -0.05) is 15.9 Å². The Hall–Kier alpha value is -0.740. The number of nitrogens with one attached hydrogen (secondary N) is 1. The van der Waals surface area contributed by atoms with Crippen molar-refractivity contribution in [2.75, 3.05) is 12.5 Å². The number of nitrogen functional groups attached to an aromatic ring is 1. The third-order valence-corrected chi connectivity index (χ3v) is 2.17. The van der Waals surface area contributed by atoms with Crippen LogP contribution in [0.2, 0.25) is 0 Å². The Labute approximate surface area is 80.0 Å². The van der Waals surface area contributed by atoms with Crippen molar-refractivity contribution >= 4 is 21.6 Å². The minimum absolute atomic E-state index is 0.791. The molecule has 3 N–H and O–H groups in total. The molecule has 0 aromatic heterocycles. The molecule has 0 bridgehead atoms. The summed E-state index contributed by atoms with van der Waals surface area (Å²) in [5, 5.41) is 0.791. The van der Waals surface area contributed by atoms with Crippen LogP contribution in [0.1, 0.15) is 5.56 Å². The molecule has 0 saturated carbocycles. The van der Waals surface area contributed by atoms with Gasteiger partial charge in [-0.25, -0.2) is 0 Å². The lowest BCUT2D eigenvalue weighted by Crippen LogP contribution is -2.07. The summed E-state index contributed by atoms with van der Waals surface area (Å²) in [5.41, 5.74) is 4.55. The first kappa shape index (κ1) is 9.35. The van der Waals surface area contributed by atoms with E-state index < -0.39 is 0 Å². The minimum atomic E-state index is 0.791. The van der Waals surface area contributed by atoms with E-state index in [2.05, 4.69) is 21.4 Å². The van der Waals surface area contributed by atoms with Gasteiger partial charge in [0.2, 0.25) is 0 Å². The van der Waals surface area contributed by atoms with Gasteiger partial charge < -0.3 is 10.2 Å². The van der Waals surface area contributed by atoms with E-state index >= 15 is 0 Å². The van der Waals surface area contributed by atoms with Crippen molar-refractivity contribution in [1.82, 2.24) is 0 Å². The van der Waals surface area contributed by atoms with Gasteiger partial charge in [-0.15, -0.1) is 0 Å². The van der Waals surface area contributed by atoms with Crippen LogP contribution in [0.25, 0.3) is 0 Å². The predicted octanol–water partition coefficient (Wildman–Crippen LogP) is 1.88. The van der Waals surface area contributed by atoms with Gasteiger partial charge in [-0.2, -0.15) is 0 Å². The first-order valence-corrected chi connectivity index (χ1v) is 4.63. The first-order chi connectivity index (χ1) is 5.80. The second-order valence-corrected chi connectivity index (χ2v) is 2.91. The third-order valence-electron chi connectivity index (χ3n) is 1.52. The maximum Gasteiger partial charge on any atom is 0.121 e. The number of alkyl halides is 1. The minimum Gasteiger partial charge on any atom is -0.497 e. The van der Waals surface area contributed by atoms with Crippen LogP contribution in [-0.2, 0) is 5.33 Å². The summed E-state index contributed by atoms with van der Waals surface area (Å²) in [5.74, 6) is 6.08. The van der Waals surface area contributed by atoms with Crippen LogP contribution < -0.4 is 16.0 Å². The second kappa shape index (κ2) is 4.33. The molecule has 0 fully saturated rings. The molecule has 0 spiro atoms. The van der Waals surface area contributed by atoms with Gasteiger partial charge in [0.15, 0.2) is 0 Å². The van der Waals surface area contributed by atoms with E-state index in [0.29, 0.717) is 0 Å². The van der Waals surface area contributed by atoms with Crippen LogP contribution in [0, 0.1) is 0 Å². The lowest BCUT2D eigenvalue weighted by Gasteiger charge is -2.06. The Kier molecular flexibility index (Phi) is 3.37. The Morgan fingerprint density at radius 1 is 1.50 bits per heavy atom. The SMILES string of the molecule is COc1cc(CBr)cc(NN)c1. The van der Waals surface area contributed by atoms with Gasteiger partial charge in [-0.3, -0.25) is 5.84 Å². The predicted molar refractivity (Wildman–Crippen MR) is 53.4 cm³/mol. The fraction of sp³-hybridized carbons (Fsp3) is 0.250. The van der Waals surface area contributed by atoms with Crippen LogP contribution in [0.4, 0.5) is 5.69 Å². The summed E-state index contributed by atoms with van der Waals surface area (Å²) in [7, 11) is 1.63. The lowest BCUT2D eigenvalue weighted by molar-refractivity contribution is 0.414. The molecule has 3 nitrogen and oxygen atoms in total. The number of hydrogen-bond acceptors (Lipinski definition) is 3. The molecular formula is C8H11BrN2O. The van der Waals surface area contributed by atoms with Crippen LogP contribution in [-0.4, -0.2) is 7.11 Å². The molecule has 1 aromatic carbocycles. The first-order valence-electron chi connectivity index (χ1n) is 3.50. The Bertz CT molecular complexity index is 210. The zero-order valence-corrected chi connectivity index (χ0v) is 8.39. The maximum absolute atomic E-state index is 5.28. The van der Waals surface area contributed by atoms with E-state index in [1.54, 1.807) is 7.11 Å². The highest BCUT2D eigenvalue weighted by molar-refractivity contribution is 9.08. The van der Waals surface area contributed by atoms with Crippen molar-refractivity contribution in [1.29, 1.82) is 0 Å². The van der Waals surface area contributed by atoms with Gasteiger partial charge in [0.05, 0.1) is 12.8 Å². The number of anilines is 1. The van der Waals surface area contributed by atoms with Gasteiger partial charge in [0.1, 0.15) is 5.75 Å². The van der Waals surface area contributed by atoms with E-state index in [-0.39, 0.29) is 0 Å². The molecule has 1 rings (SSSR count). The van der Waals surface area contributed by atoms with Gasteiger partial charge in [-0.05, 0) is 17.7 Å². The summed E-state index contributed by atoms with van der Waals surface area (Å²) in [4.78, 5) is 0. The molecule has 1 aromatic rings. The lowest BCUT2D eigenvalue weighted by atomic mass is 10.2. The largest absolute Gasteiger partial charge is 0.497 e. The number of nitrogens with two attached hydrogens (primary N) is 1. The number of rotatable bonds is 3. The summed E-state index contributed by atoms with van der Waals surface area (Å²) < 4.78 is 5.08. The van der Waals surface area contributed by atoms with Gasteiger partial charge in [0, 0.05) is 11.4 Å². The number of hydrazine groups is 1. The van der Waals surface area contributed by atoms with E-state index in [1.165, 1.54) is 0 Å². The summed E-state index contributed by atoms with van der Waals surface area (Å²) in [6.07, 6.45) is 0. The Morgan fingerprint density at radius 3 is 2.75 bits per heavy atom. The average Bonchev–Trinajstić information content (AvgIpc) is 2.16. The molecule has 0 amide bonds. The highest BCUT2D eigenvalue weighted by Crippen LogP contribution is 2.21. The molecule has 0 aliphatic carbocycles. The number of benzene rings is 1. The fourth-order valence-corrected chi connectivity index (χ4v) is 1.26. The van der Waals surface area contributed by atoms with E-state index in [4.69, 9.17) is 10.6 Å². The van der Waals surface area contributed by atoms with Crippen molar-refractivity contribution in [2.45, 2.75) is 5.33 Å². The quantitative estimate of drug-likeness (QED) is 0.474. The Balaban J connectivity index is 3.01. The van der Waals surface area contributed by atoms with Crippen molar-refractivity contribution in [3.63, 3.8) is 0 Å². The molecule has 0 radical (unpaired) electrons. The number of halogens is 1. The van der Waals surface area contributed by atoms with E-state index in [0.717, 1.165) is 22.3 Å². The normalized spacial score (nSPS) is 9.58. The third kappa shape index (κ3) is 2.12. The molecule has 0 aliphatic heterocycles. The van der Waals surface area contributed by atoms with Gasteiger partial charge in [0.25, 0.3) is 0 Å². The highest BCUT2D eigenvalue weighted by Gasteiger charge is 1.98. The maximum atomic E-state index is 5.28. The molecule has 12 heavy (non-hydrogen) atoms. The zero-order valence-electron chi connectivity index (χ0n) is 6.80. The molecule has 4 heteroatoms. The standard InChI is InChI=1S/C8H11BrN2O/c1-12-8-3-6(5-9)2-7(4-8)11-10/h2-4,11H,5,10H2,1H3. The van der Waals surface area contributed by atoms with Gasteiger partial charge >= 0.3 is 0 Å². The topological polar surface area (TPSA) is 47.3 Å². The number of methoxy groups -OCH3 is 1. The van der Waals surface area contributed by atoms with E-state index in [1.807, 2.05) is 18.2 Å². The molecule has 0 unspecified atom stereocenters. The van der Waals surface area contributed by atoms with Crippen molar-refractivity contribution in [3.05, 3.63) is 23.8 Å². The smallest absolute Gasteiger partial charge is 0.121 e. The van der Waals surface area contributed by atoms with E-state index in [9.17, 15) is 0 Å². The molecule has 0 atom stereocenters. The van der Waals surface area contributed by atoms with Crippen molar-refractivity contribution < 1.29 is 4.74 Å². The monoisotopic (exact) mass is 230 g/mol. The highest BCUT2D eigenvalue weighted by atomic mass is 79.9. The summed E-state index contributed by atoms with van der Waals surface area (Å²) in [6, 6.07) is 5.75. The number of hydrogen-bond donors (Lipinski definition) is 2. The number of ether oxygens (including phenoxy) is 1. The molecular weight excluding hydrogens is 220 g/mol. The van der Waals surface area contributed by atoms with Crippen LogP contribution in [0.3, 0.4) is 0 Å². The molecule has 0 heterocycles. The van der Waals surface area contributed by atoms with Crippen molar-refractivity contribution in [2.24, 2.45) is 5.84 Å².